The summed E-state index contributed by atoms with van der Waals surface area (Å²) >= 11 is 0. The molecule has 0 saturated carbocycles. The van der Waals surface area contributed by atoms with Gasteiger partial charge in [0.05, 0.1) is 6.61 Å². The van der Waals surface area contributed by atoms with Crippen LogP contribution in [0, 0.1) is 0 Å². The number of methoxy groups -OCH3 is 1. The first-order valence-electron chi connectivity index (χ1n) is 4.93. The number of aliphatic hydroxyl groups excluding tert-OH is 3. The maximum absolute atomic E-state index is 10.9. The molecule has 0 spiro atoms. The molecule has 4 N–H and O–H groups in total. The van der Waals surface area contributed by atoms with Gasteiger partial charge in [0.1, 0.15) is 24.4 Å². The summed E-state index contributed by atoms with van der Waals surface area (Å²) in [5, 5.41) is 30.7. The summed E-state index contributed by atoms with van der Waals surface area (Å²) in [6.07, 6.45) is -4.35. The second-order valence-corrected chi connectivity index (χ2v) is 3.67. The fourth-order valence-corrected chi connectivity index (χ4v) is 1.67. The van der Waals surface area contributed by atoms with Crippen LogP contribution in [0.3, 0.4) is 0 Å². The molecule has 94 valence electrons. The van der Waals surface area contributed by atoms with Gasteiger partial charge in [0.25, 0.3) is 0 Å². The van der Waals surface area contributed by atoms with Gasteiger partial charge in [-0.05, 0) is 0 Å². The summed E-state index contributed by atoms with van der Waals surface area (Å²) < 4.78 is 10.1. The predicted molar refractivity (Wildman–Crippen MR) is 52.4 cm³/mol. The number of aliphatic hydroxyl groups is 3. The lowest BCUT2D eigenvalue weighted by atomic mass is 10.0. The number of nitrogens with one attached hydrogen (secondary N) is 1. The molecule has 1 aliphatic rings. The summed E-state index contributed by atoms with van der Waals surface area (Å²) in [5.41, 5.74) is 0. The SMILES string of the molecule is CO[13C@@H]1O[C@H](CO)[C@@H](O)[C@H](O)[C@@H]1N[13C]([13CH3])=O. The van der Waals surface area contributed by atoms with E-state index in [4.69, 9.17) is 14.6 Å². The maximum Gasteiger partial charge on any atom is 0.217 e. The van der Waals surface area contributed by atoms with Crippen LogP contribution >= 0.6 is 0 Å². The second kappa shape index (κ2) is 5.55. The number of hydrogen-bond acceptors (Lipinski definition) is 6. The zero-order valence-electron chi connectivity index (χ0n) is 9.16. The van der Waals surface area contributed by atoms with Crippen molar-refractivity contribution in [1.29, 1.82) is 0 Å². The van der Waals surface area contributed by atoms with Crippen molar-refractivity contribution in [2.24, 2.45) is 0 Å². The molecule has 0 radical (unpaired) electrons. The lowest BCUT2D eigenvalue weighted by molar-refractivity contribution is -0.262. The fourth-order valence-electron chi connectivity index (χ4n) is 1.67. The standard InChI is InChI=1S/C9H17NO6/c1-4(12)10-6-8(14)7(13)5(3-11)16-9(6)15-2/h5-9,11,13-14H,3H2,1-2H3,(H,10,12)/t5-,6+,7-,8-,9-/m1/s1/i1+1,4+1,9+1. The van der Waals surface area contributed by atoms with E-state index in [1.54, 1.807) is 0 Å². The second-order valence-electron chi connectivity index (χ2n) is 3.67. The van der Waals surface area contributed by atoms with Gasteiger partial charge < -0.3 is 30.1 Å². The molecule has 1 heterocycles. The summed E-state index contributed by atoms with van der Waals surface area (Å²) in [6.45, 7) is 0.842. The third-order valence-electron chi connectivity index (χ3n) is 2.48. The minimum atomic E-state index is -1.27. The summed E-state index contributed by atoms with van der Waals surface area (Å²) in [6, 6.07) is -0.861. The van der Waals surface area contributed by atoms with E-state index in [2.05, 4.69) is 5.32 Å². The van der Waals surface area contributed by atoms with E-state index in [9.17, 15) is 15.0 Å². The number of rotatable bonds is 3. The Morgan fingerprint density at radius 1 is 1.44 bits per heavy atom. The highest BCUT2D eigenvalue weighted by Gasteiger charge is 2.44. The van der Waals surface area contributed by atoms with Crippen molar-refractivity contribution in [3.8, 4) is 0 Å². The van der Waals surface area contributed by atoms with Gasteiger partial charge in [-0.1, -0.05) is 0 Å². The van der Waals surface area contributed by atoms with Crippen molar-refractivity contribution in [3.63, 3.8) is 0 Å². The smallest absolute Gasteiger partial charge is 0.217 e. The molecule has 5 atom stereocenters. The Morgan fingerprint density at radius 3 is 2.50 bits per heavy atom. The van der Waals surface area contributed by atoms with E-state index in [1.807, 2.05) is 0 Å². The average Bonchev–Trinajstić information content (AvgIpc) is 2.25. The van der Waals surface area contributed by atoms with Crippen molar-refractivity contribution in [3.05, 3.63) is 0 Å². The quantitative estimate of drug-likeness (QED) is 0.407. The lowest BCUT2D eigenvalue weighted by Gasteiger charge is -2.41. The van der Waals surface area contributed by atoms with Gasteiger partial charge in [-0.2, -0.15) is 0 Å². The number of carbonyl (C=O) groups is 1. The first-order chi connectivity index (χ1) is 7.51. The molecule has 1 rings (SSSR count). The minimum Gasteiger partial charge on any atom is -0.394 e. The van der Waals surface area contributed by atoms with Gasteiger partial charge >= 0.3 is 0 Å². The predicted octanol–water partition coefficient (Wildman–Crippen LogP) is -2.42. The first-order valence-corrected chi connectivity index (χ1v) is 4.93. The normalized spacial score (nSPS) is 39.4. The Hall–Kier alpha value is -0.730. The van der Waals surface area contributed by atoms with Crippen LogP contribution in [0.4, 0.5) is 0 Å². The Kier molecular flexibility index (Phi) is 4.63. The molecular weight excluding hydrogens is 221 g/mol. The van der Waals surface area contributed by atoms with Crippen LogP contribution in [-0.4, -0.2) is 65.6 Å². The number of amides is 1. The molecule has 0 aromatic carbocycles. The van der Waals surface area contributed by atoms with Gasteiger partial charge in [0.2, 0.25) is 5.91 Å². The van der Waals surface area contributed by atoms with Crippen molar-refractivity contribution >= 4 is 5.91 Å². The molecule has 0 unspecified atom stereocenters. The minimum absolute atomic E-state index is 0.371. The lowest BCUT2D eigenvalue weighted by Crippen LogP contribution is -2.64. The molecule has 1 aliphatic heterocycles. The van der Waals surface area contributed by atoms with Crippen molar-refractivity contribution in [1.82, 2.24) is 5.32 Å². The van der Waals surface area contributed by atoms with Gasteiger partial charge in [-0.25, -0.2) is 0 Å². The number of ether oxygens (including phenoxy) is 2. The third-order valence-corrected chi connectivity index (χ3v) is 2.48. The Balaban J connectivity index is 2.77. The van der Waals surface area contributed by atoms with Gasteiger partial charge in [0.15, 0.2) is 6.29 Å². The average molecular weight is 238 g/mol. The van der Waals surface area contributed by atoms with Crippen LogP contribution in [0.1, 0.15) is 6.92 Å². The zero-order valence-corrected chi connectivity index (χ0v) is 9.16. The van der Waals surface area contributed by atoms with Crippen LogP contribution in [0.25, 0.3) is 0 Å². The van der Waals surface area contributed by atoms with Crippen LogP contribution in [0.2, 0.25) is 0 Å². The molecule has 0 bridgehead atoms. The van der Waals surface area contributed by atoms with Gasteiger partial charge in [-0.3, -0.25) is 4.79 Å². The monoisotopic (exact) mass is 238 g/mol. The van der Waals surface area contributed by atoms with E-state index in [-0.39, 0.29) is 5.91 Å². The molecule has 0 aliphatic carbocycles. The largest absolute Gasteiger partial charge is 0.394 e. The summed E-state index contributed by atoms with van der Waals surface area (Å²) in [4.78, 5) is 10.9. The van der Waals surface area contributed by atoms with E-state index in [0.29, 0.717) is 0 Å². The molecular formula is C9H17NO6. The molecule has 1 saturated heterocycles. The Labute approximate surface area is 93.0 Å². The Morgan fingerprint density at radius 2 is 2.06 bits per heavy atom. The van der Waals surface area contributed by atoms with Crippen molar-refractivity contribution < 1.29 is 29.6 Å². The van der Waals surface area contributed by atoms with E-state index < -0.39 is 37.3 Å². The maximum atomic E-state index is 10.9. The molecule has 1 fully saturated rings. The molecule has 7 nitrogen and oxygen atoms in total. The Bertz CT molecular complexity index is 246. The van der Waals surface area contributed by atoms with E-state index >= 15 is 0 Å². The highest BCUT2D eigenvalue weighted by atomic mass is 16.8. The van der Waals surface area contributed by atoms with Crippen LogP contribution < -0.4 is 5.32 Å². The van der Waals surface area contributed by atoms with Gasteiger partial charge in [-0.15, -0.1) is 0 Å². The molecule has 7 heteroatoms. The molecule has 16 heavy (non-hydrogen) atoms. The first kappa shape index (κ1) is 13.3. The number of carbonyl (C=O) groups excluding carboxylic acids is 1. The number of hydrogen-bond donors (Lipinski definition) is 4. The van der Waals surface area contributed by atoms with Crippen molar-refractivity contribution in [2.45, 2.75) is 37.6 Å². The fraction of sp³-hybridized carbons (Fsp3) is 0.889. The zero-order chi connectivity index (χ0) is 12.3. The van der Waals surface area contributed by atoms with Crippen LogP contribution in [-0.2, 0) is 14.3 Å². The topological polar surface area (TPSA) is 108 Å². The van der Waals surface area contributed by atoms with Gasteiger partial charge in [0, 0.05) is 14.0 Å². The molecule has 0 aromatic rings. The van der Waals surface area contributed by atoms with E-state index in [1.165, 1.54) is 14.0 Å². The van der Waals surface area contributed by atoms with E-state index in [0.717, 1.165) is 0 Å². The van der Waals surface area contributed by atoms with Crippen LogP contribution in [0.15, 0.2) is 0 Å². The summed E-state index contributed by atoms with van der Waals surface area (Å²) in [7, 11) is 1.35. The van der Waals surface area contributed by atoms with Crippen LogP contribution in [0.5, 0.6) is 0 Å². The van der Waals surface area contributed by atoms with Crippen molar-refractivity contribution in [2.75, 3.05) is 13.7 Å². The molecule has 1 amide bonds. The highest BCUT2D eigenvalue weighted by Crippen LogP contribution is 2.21. The molecule has 0 aromatic heterocycles. The highest BCUT2D eigenvalue weighted by molar-refractivity contribution is 5.73. The summed E-state index contributed by atoms with van der Waals surface area (Å²) in [5.74, 6) is -0.371. The third kappa shape index (κ3) is 2.69.